The molecule has 3 rings (SSSR count). The van der Waals surface area contributed by atoms with E-state index in [-0.39, 0.29) is 27.8 Å². The lowest BCUT2D eigenvalue weighted by molar-refractivity contribution is -0.169. The fourth-order valence-corrected chi connectivity index (χ4v) is 2.68. The van der Waals surface area contributed by atoms with Gasteiger partial charge in [0.2, 0.25) is 0 Å². The fourth-order valence-electron chi connectivity index (χ4n) is 2.56. The standard InChI is InChI=1S/C16H15ClF3N5O/c1-3-24-8-22-13-14(24)23-12(6-9(2)16(18,19)20)25(15(13)26)10-4-5-11(17)21-7-10/h4-5,7-9H,3,6H2,1-2H3. The molecule has 0 radical (unpaired) electrons. The van der Waals surface area contributed by atoms with E-state index in [4.69, 9.17) is 11.6 Å². The van der Waals surface area contributed by atoms with E-state index >= 15 is 0 Å². The van der Waals surface area contributed by atoms with Crippen molar-refractivity contribution in [2.45, 2.75) is 33.0 Å². The van der Waals surface area contributed by atoms with Crippen molar-refractivity contribution in [3.8, 4) is 5.69 Å². The van der Waals surface area contributed by atoms with Crippen LogP contribution in [-0.4, -0.2) is 30.3 Å². The SMILES string of the molecule is CCn1cnc2c(=O)n(-c3ccc(Cl)nc3)c(CC(C)C(F)(F)F)nc21. The molecule has 10 heteroatoms. The van der Waals surface area contributed by atoms with Crippen molar-refractivity contribution in [3.63, 3.8) is 0 Å². The van der Waals surface area contributed by atoms with Gasteiger partial charge in [-0.25, -0.2) is 15.0 Å². The monoisotopic (exact) mass is 385 g/mol. The van der Waals surface area contributed by atoms with E-state index < -0.39 is 24.1 Å². The number of halogens is 4. The summed E-state index contributed by atoms with van der Waals surface area (Å²) in [7, 11) is 0. The molecule has 26 heavy (non-hydrogen) atoms. The first-order valence-corrected chi connectivity index (χ1v) is 8.25. The topological polar surface area (TPSA) is 65.6 Å². The van der Waals surface area contributed by atoms with Gasteiger partial charge in [-0.3, -0.25) is 9.36 Å². The van der Waals surface area contributed by atoms with Crippen LogP contribution in [0.1, 0.15) is 19.7 Å². The average molecular weight is 386 g/mol. The third-order valence-electron chi connectivity index (χ3n) is 4.07. The zero-order chi connectivity index (χ0) is 19.1. The van der Waals surface area contributed by atoms with Crippen LogP contribution in [-0.2, 0) is 13.0 Å². The van der Waals surface area contributed by atoms with Gasteiger partial charge in [-0.15, -0.1) is 0 Å². The molecule has 0 fully saturated rings. The van der Waals surface area contributed by atoms with Gasteiger partial charge in [-0.05, 0) is 19.1 Å². The number of alkyl halides is 3. The molecule has 0 saturated carbocycles. The van der Waals surface area contributed by atoms with Crippen LogP contribution in [0.5, 0.6) is 0 Å². The van der Waals surface area contributed by atoms with Gasteiger partial charge in [-0.1, -0.05) is 18.5 Å². The van der Waals surface area contributed by atoms with Crippen molar-refractivity contribution in [2.24, 2.45) is 5.92 Å². The molecule has 0 N–H and O–H groups in total. The maximum Gasteiger partial charge on any atom is 0.391 e. The Morgan fingerprint density at radius 2 is 2.00 bits per heavy atom. The molecule has 0 saturated heterocycles. The summed E-state index contributed by atoms with van der Waals surface area (Å²) in [6.45, 7) is 3.37. The van der Waals surface area contributed by atoms with Crippen molar-refractivity contribution in [2.75, 3.05) is 0 Å². The Bertz CT molecular complexity index is 994. The van der Waals surface area contributed by atoms with Gasteiger partial charge >= 0.3 is 6.18 Å². The number of aromatic nitrogens is 5. The predicted octanol–water partition coefficient (Wildman–Crippen LogP) is 3.39. The lowest BCUT2D eigenvalue weighted by atomic mass is 10.1. The van der Waals surface area contributed by atoms with E-state index in [1.54, 1.807) is 4.57 Å². The minimum absolute atomic E-state index is 0.00773. The number of nitrogens with zero attached hydrogens (tertiary/aromatic N) is 5. The van der Waals surface area contributed by atoms with Crippen molar-refractivity contribution in [1.82, 2.24) is 24.1 Å². The van der Waals surface area contributed by atoms with E-state index in [2.05, 4.69) is 15.0 Å². The van der Waals surface area contributed by atoms with E-state index in [9.17, 15) is 18.0 Å². The fraction of sp³-hybridized carbons (Fsp3) is 0.375. The summed E-state index contributed by atoms with van der Waals surface area (Å²) < 4.78 is 41.9. The number of pyridine rings is 1. The van der Waals surface area contributed by atoms with Crippen molar-refractivity contribution in [1.29, 1.82) is 0 Å². The molecule has 0 spiro atoms. The largest absolute Gasteiger partial charge is 0.391 e. The molecule has 3 heterocycles. The van der Waals surface area contributed by atoms with Gasteiger partial charge < -0.3 is 4.57 Å². The van der Waals surface area contributed by atoms with Gasteiger partial charge in [0.15, 0.2) is 11.2 Å². The van der Waals surface area contributed by atoms with E-state index in [1.165, 1.54) is 24.7 Å². The smallest absolute Gasteiger partial charge is 0.315 e. The first-order valence-electron chi connectivity index (χ1n) is 7.87. The number of hydrogen-bond donors (Lipinski definition) is 0. The second-order valence-corrected chi connectivity index (χ2v) is 6.24. The summed E-state index contributed by atoms with van der Waals surface area (Å²) in [6, 6.07) is 2.96. The average Bonchev–Trinajstić information content (AvgIpc) is 2.99. The molecule has 0 aliphatic rings. The minimum atomic E-state index is -4.40. The van der Waals surface area contributed by atoms with E-state index in [0.717, 1.165) is 11.5 Å². The quantitative estimate of drug-likeness (QED) is 0.646. The van der Waals surface area contributed by atoms with Crippen molar-refractivity contribution < 1.29 is 13.2 Å². The van der Waals surface area contributed by atoms with Crippen LogP contribution in [0.4, 0.5) is 13.2 Å². The van der Waals surface area contributed by atoms with Crippen LogP contribution in [0, 0.1) is 5.92 Å². The zero-order valence-corrected chi connectivity index (χ0v) is 14.7. The molecule has 0 aromatic carbocycles. The third-order valence-corrected chi connectivity index (χ3v) is 4.29. The summed E-state index contributed by atoms with van der Waals surface area (Å²) in [4.78, 5) is 25.2. The third kappa shape index (κ3) is 3.31. The summed E-state index contributed by atoms with van der Waals surface area (Å²) >= 11 is 5.76. The highest BCUT2D eigenvalue weighted by Gasteiger charge is 2.37. The first-order chi connectivity index (χ1) is 12.2. The highest BCUT2D eigenvalue weighted by Crippen LogP contribution is 2.28. The van der Waals surface area contributed by atoms with Crippen LogP contribution >= 0.6 is 11.6 Å². The molecular weight excluding hydrogens is 371 g/mol. The lowest BCUT2D eigenvalue weighted by Gasteiger charge is -2.18. The van der Waals surface area contributed by atoms with Crippen molar-refractivity contribution >= 4 is 22.8 Å². The normalized spacial score (nSPS) is 13.3. The number of imidazole rings is 1. The van der Waals surface area contributed by atoms with Crippen molar-refractivity contribution in [3.05, 3.63) is 46.0 Å². The van der Waals surface area contributed by atoms with Gasteiger partial charge in [0.25, 0.3) is 5.56 Å². The maximum absolute atomic E-state index is 13.1. The Balaban J connectivity index is 2.26. The van der Waals surface area contributed by atoms with E-state index in [1.807, 2.05) is 6.92 Å². The van der Waals surface area contributed by atoms with Crippen LogP contribution in [0.2, 0.25) is 5.15 Å². The summed E-state index contributed by atoms with van der Waals surface area (Å²) in [6.07, 6.45) is -2.09. The number of rotatable bonds is 4. The molecular formula is C16H15ClF3N5O. The Labute approximate surface area is 151 Å². The molecule has 1 unspecified atom stereocenters. The Hall–Kier alpha value is -2.42. The highest BCUT2D eigenvalue weighted by molar-refractivity contribution is 6.29. The van der Waals surface area contributed by atoms with Crippen LogP contribution in [0.15, 0.2) is 29.5 Å². The molecule has 0 bridgehead atoms. The molecule has 3 aromatic heterocycles. The molecule has 1 atom stereocenters. The Kier molecular flexibility index (Phi) is 4.74. The number of aryl methyl sites for hydroxylation is 1. The molecule has 0 aliphatic heterocycles. The summed E-state index contributed by atoms with van der Waals surface area (Å²) in [5.41, 5.74) is 0.0881. The maximum atomic E-state index is 13.1. The van der Waals surface area contributed by atoms with Crippen LogP contribution in [0.3, 0.4) is 0 Å². The Morgan fingerprint density at radius 1 is 1.27 bits per heavy atom. The molecule has 0 aliphatic carbocycles. The predicted molar refractivity (Wildman–Crippen MR) is 90.5 cm³/mol. The second kappa shape index (κ2) is 6.71. The Morgan fingerprint density at radius 3 is 2.58 bits per heavy atom. The first kappa shape index (κ1) is 18.4. The van der Waals surface area contributed by atoms with Gasteiger partial charge in [0.1, 0.15) is 11.0 Å². The summed E-state index contributed by atoms with van der Waals surface area (Å²) in [5.74, 6) is -1.68. The van der Waals surface area contributed by atoms with E-state index in [0.29, 0.717) is 6.54 Å². The number of hydrogen-bond acceptors (Lipinski definition) is 4. The zero-order valence-electron chi connectivity index (χ0n) is 14.0. The molecule has 0 amide bonds. The van der Waals surface area contributed by atoms with Gasteiger partial charge in [-0.2, -0.15) is 13.2 Å². The summed E-state index contributed by atoms with van der Waals surface area (Å²) in [5, 5.41) is 0.205. The molecule has 3 aromatic rings. The molecule has 138 valence electrons. The lowest BCUT2D eigenvalue weighted by Crippen LogP contribution is -2.29. The highest BCUT2D eigenvalue weighted by atomic mass is 35.5. The second-order valence-electron chi connectivity index (χ2n) is 5.86. The minimum Gasteiger partial charge on any atom is -0.315 e. The van der Waals surface area contributed by atoms with Crippen LogP contribution < -0.4 is 5.56 Å². The van der Waals surface area contributed by atoms with Gasteiger partial charge in [0, 0.05) is 13.0 Å². The number of fused-ring (bicyclic) bond motifs is 1. The molecule has 6 nitrogen and oxygen atoms in total. The van der Waals surface area contributed by atoms with Crippen LogP contribution in [0.25, 0.3) is 16.9 Å². The van der Waals surface area contributed by atoms with Gasteiger partial charge in [0.05, 0.1) is 24.1 Å².